The number of aryl methyl sites for hydroxylation is 1. The van der Waals surface area contributed by atoms with Crippen molar-refractivity contribution in [1.82, 2.24) is 5.48 Å². The summed E-state index contributed by atoms with van der Waals surface area (Å²) in [6.07, 6.45) is 3.74. The molecule has 2 aromatic carbocycles. The second kappa shape index (κ2) is 5.77. The van der Waals surface area contributed by atoms with Gasteiger partial charge < -0.3 is 9.94 Å². The topological polar surface area (TPSA) is 41.5 Å². The molecule has 0 spiro atoms. The van der Waals surface area contributed by atoms with Crippen LogP contribution in [0.1, 0.15) is 11.1 Å². The Morgan fingerprint density at radius 1 is 1.00 bits per heavy atom. The fourth-order valence-electron chi connectivity index (χ4n) is 1.50. The average Bonchev–Trinajstić information content (AvgIpc) is 2.43. The van der Waals surface area contributed by atoms with Crippen LogP contribution in [0.15, 0.2) is 54.7 Å². The summed E-state index contributed by atoms with van der Waals surface area (Å²) < 4.78 is 0. The minimum Gasteiger partial charge on any atom is -0.508 e. The van der Waals surface area contributed by atoms with Gasteiger partial charge in [0.25, 0.3) is 0 Å². The maximum absolute atomic E-state index is 8.92. The minimum atomic E-state index is 0.368. The van der Waals surface area contributed by atoms with Crippen LogP contribution in [0.4, 0.5) is 0 Å². The SMILES string of the molecule is C1=Cc2ccccc2ON1.Cc1ccccc1O. The van der Waals surface area contributed by atoms with E-state index in [1.165, 1.54) is 0 Å². The van der Waals surface area contributed by atoms with E-state index in [9.17, 15) is 0 Å². The summed E-state index contributed by atoms with van der Waals surface area (Å²) >= 11 is 0. The van der Waals surface area contributed by atoms with Crippen molar-refractivity contribution >= 4 is 6.08 Å². The third-order valence-corrected chi connectivity index (χ3v) is 2.53. The smallest absolute Gasteiger partial charge is 0.162 e. The number of para-hydroxylation sites is 2. The second-order valence-electron chi connectivity index (χ2n) is 3.88. The van der Waals surface area contributed by atoms with Crippen molar-refractivity contribution in [2.24, 2.45) is 0 Å². The Balaban J connectivity index is 0.000000138. The van der Waals surface area contributed by atoms with Gasteiger partial charge in [0.05, 0.1) is 0 Å². The quantitative estimate of drug-likeness (QED) is 0.744. The molecule has 0 atom stereocenters. The monoisotopic (exact) mass is 241 g/mol. The number of hydroxylamine groups is 1. The van der Waals surface area contributed by atoms with E-state index in [4.69, 9.17) is 9.94 Å². The highest BCUT2D eigenvalue weighted by atomic mass is 16.6. The van der Waals surface area contributed by atoms with Crippen LogP contribution in [0, 0.1) is 6.92 Å². The summed E-state index contributed by atoms with van der Waals surface area (Å²) in [5.41, 5.74) is 4.70. The summed E-state index contributed by atoms with van der Waals surface area (Å²) in [7, 11) is 0. The first-order valence-corrected chi connectivity index (χ1v) is 5.70. The summed E-state index contributed by atoms with van der Waals surface area (Å²) in [5, 5.41) is 8.92. The number of aromatic hydroxyl groups is 1. The number of phenolic OH excluding ortho intramolecular Hbond substituents is 1. The highest BCUT2D eigenvalue weighted by Gasteiger charge is 2.01. The maximum Gasteiger partial charge on any atom is 0.162 e. The molecule has 0 bridgehead atoms. The molecule has 1 aliphatic rings. The zero-order chi connectivity index (χ0) is 12.8. The van der Waals surface area contributed by atoms with Crippen molar-refractivity contribution in [2.45, 2.75) is 6.92 Å². The number of benzene rings is 2. The van der Waals surface area contributed by atoms with Gasteiger partial charge in [-0.05, 0) is 30.7 Å². The van der Waals surface area contributed by atoms with E-state index < -0.39 is 0 Å². The first-order valence-electron chi connectivity index (χ1n) is 5.70. The molecule has 2 N–H and O–H groups in total. The maximum atomic E-state index is 8.92. The van der Waals surface area contributed by atoms with Crippen LogP contribution >= 0.6 is 0 Å². The third-order valence-electron chi connectivity index (χ3n) is 2.53. The van der Waals surface area contributed by atoms with Gasteiger partial charge in [-0.25, -0.2) is 5.48 Å². The molecule has 3 heteroatoms. The molecule has 18 heavy (non-hydrogen) atoms. The van der Waals surface area contributed by atoms with Crippen LogP contribution in [0.2, 0.25) is 0 Å². The summed E-state index contributed by atoms with van der Waals surface area (Å²) in [4.78, 5) is 5.09. The van der Waals surface area contributed by atoms with Crippen molar-refractivity contribution in [3.05, 3.63) is 65.9 Å². The molecular weight excluding hydrogens is 226 g/mol. The van der Waals surface area contributed by atoms with Gasteiger partial charge >= 0.3 is 0 Å². The molecule has 0 aromatic heterocycles. The molecule has 0 fully saturated rings. The Morgan fingerprint density at radius 2 is 1.72 bits per heavy atom. The van der Waals surface area contributed by atoms with E-state index in [0.717, 1.165) is 16.9 Å². The standard InChI is InChI=1S/C8H7NO.C7H8O/c1-2-4-8-7(3-1)5-6-9-10-8;1-6-4-2-3-5-7(6)8/h1-6,9H;2-5,8H,1H3. The molecule has 0 saturated heterocycles. The Hall–Kier alpha value is -2.42. The minimum absolute atomic E-state index is 0.368. The van der Waals surface area contributed by atoms with Gasteiger partial charge in [0, 0.05) is 11.8 Å². The molecule has 3 nitrogen and oxygen atoms in total. The van der Waals surface area contributed by atoms with Crippen LogP contribution in [0.3, 0.4) is 0 Å². The van der Waals surface area contributed by atoms with Crippen molar-refractivity contribution in [3.8, 4) is 11.5 Å². The molecule has 2 aromatic rings. The number of hydrogen-bond donors (Lipinski definition) is 2. The lowest BCUT2D eigenvalue weighted by Crippen LogP contribution is -2.13. The molecule has 1 heterocycles. The predicted molar refractivity (Wildman–Crippen MR) is 72.1 cm³/mol. The number of rotatable bonds is 0. The Labute approximate surface area is 106 Å². The molecule has 0 saturated carbocycles. The first kappa shape index (κ1) is 12.0. The van der Waals surface area contributed by atoms with E-state index in [0.29, 0.717) is 5.75 Å². The lowest BCUT2D eigenvalue weighted by molar-refractivity contribution is 0.239. The molecule has 0 amide bonds. The number of phenols is 1. The van der Waals surface area contributed by atoms with E-state index in [1.54, 1.807) is 12.3 Å². The van der Waals surface area contributed by atoms with Crippen molar-refractivity contribution < 1.29 is 9.94 Å². The van der Waals surface area contributed by atoms with Gasteiger partial charge in [0.2, 0.25) is 0 Å². The van der Waals surface area contributed by atoms with Gasteiger partial charge in [-0.2, -0.15) is 0 Å². The van der Waals surface area contributed by atoms with Crippen LogP contribution in [0.25, 0.3) is 6.08 Å². The van der Waals surface area contributed by atoms with Crippen LogP contribution in [-0.4, -0.2) is 5.11 Å². The highest BCUT2D eigenvalue weighted by molar-refractivity contribution is 5.57. The second-order valence-corrected chi connectivity index (χ2v) is 3.88. The lowest BCUT2D eigenvalue weighted by atomic mass is 10.2. The number of fused-ring (bicyclic) bond motifs is 1. The van der Waals surface area contributed by atoms with Gasteiger partial charge in [-0.15, -0.1) is 0 Å². The van der Waals surface area contributed by atoms with E-state index in [2.05, 4.69) is 5.48 Å². The Bertz CT molecular complexity index is 529. The average molecular weight is 241 g/mol. The zero-order valence-electron chi connectivity index (χ0n) is 10.1. The van der Waals surface area contributed by atoms with Crippen molar-refractivity contribution in [1.29, 1.82) is 0 Å². The van der Waals surface area contributed by atoms with Crippen LogP contribution < -0.4 is 10.3 Å². The number of nitrogens with one attached hydrogen (secondary N) is 1. The lowest BCUT2D eigenvalue weighted by Gasteiger charge is -2.11. The van der Waals surface area contributed by atoms with Gasteiger partial charge in [-0.1, -0.05) is 36.4 Å². The predicted octanol–water partition coefficient (Wildman–Crippen LogP) is 3.25. The normalized spacial score (nSPS) is 11.4. The van der Waals surface area contributed by atoms with Gasteiger partial charge in [0.15, 0.2) is 5.75 Å². The van der Waals surface area contributed by atoms with E-state index >= 15 is 0 Å². The molecule has 0 aliphatic carbocycles. The summed E-state index contributed by atoms with van der Waals surface area (Å²) in [6, 6.07) is 15.1. The Morgan fingerprint density at radius 3 is 2.39 bits per heavy atom. The van der Waals surface area contributed by atoms with Crippen molar-refractivity contribution in [2.75, 3.05) is 0 Å². The van der Waals surface area contributed by atoms with E-state index in [1.807, 2.05) is 55.5 Å². The fraction of sp³-hybridized carbons (Fsp3) is 0.0667. The highest BCUT2D eigenvalue weighted by Crippen LogP contribution is 2.20. The van der Waals surface area contributed by atoms with Crippen molar-refractivity contribution in [3.63, 3.8) is 0 Å². The molecule has 1 aliphatic heterocycles. The Kier molecular flexibility index (Phi) is 3.86. The molecule has 92 valence electrons. The van der Waals surface area contributed by atoms with Gasteiger partial charge in [0.1, 0.15) is 5.75 Å². The summed E-state index contributed by atoms with van der Waals surface area (Å²) in [5.74, 6) is 1.25. The fourth-order valence-corrected chi connectivity index (χ4v) is 1.50. The zero-order valence-corrected chi connectivity index (χ0v) is 10.1. The molecular formula is C15H15NO2. The van der Waals surface area contributed by atoms with Crippen LogP contribution in [-0.2, 0) is 0 Å². The third kappa shape index (κ3) is 3.04. The van der Waals surface area contributed by atoms with E-state index in [-0.39, 0.29) is 0 Å². The largest absolute Gasteiger partial charge is 0.508 e. The molecule has 0 unspecified atom stereocenters. The number of hydrogen-bond acceptors (Lipinski definition) is 3. The summed E-state index contributed by atoms with van der Waals surface area (Å²) in [6.45, 7) is 1.87. The molecule has 3 rings (SSSR count). The first-order chi connectivity index (χ1) is 8.77. The van der Waals surface area contributed by atoms with Gasteiger partial charge in [-0.3, -0.25) is 0 Å². The van der Waals surface area contributed by atoms with Crippen LogP contribution in [0.5, 0.6) is 11.5 Å². The molecule has 0 radical (unpaired) electrons.